The Morgan fingerprint density at radius 3 is 2.50 bits per heavy atom. The predicted molar refractivity (Wildman–Crippen MR) is 132 cm³/mol. The molecule has 30 heavy (non-hydrogen) atoms. The maximum absolute atomic E-state index is 5.25. The third-order valence-electron chi connectivity index (χ3n) is 4.53. The van der Waals surface area contributed by atoms with Gasteiger partial charge in [-0.3, -0.25) is 0 Å². The van der Waals surface area contributed by atoms with Gasteiger partial charge in [0.2, 0.25) is 0 Å². The lowest BCUT2D eigenvalue weighted by Crippen LogP contribution is -2.06. The molecular weight excluding hydrogens is 575 g/mol. The molecule has 5 nitrogen and oxygen atoms in total. The highest BCUT2D eigenvalue weighted by molar-refractivity contribution is 14.1. The van der Waals surface area contributed by atoms with E-state index in [9.17, 15) is 0 Å². The number of hydrogen-bond donors (Lipinski definition) is 0. The van der Waals surface area contributed by atoms with Crippen molar-refractivity contribution in [2.45, 2.75) is 17.2 Å². The highest BCUT2D eigenvalue weighted by atomic mass is 127. The van der Waals surface area contributed by atoms with Gasteiger partial charge in [-0.15, -0.1) is 16.9 Å². The molecule has 0 amide bonds. The van der Waals surface area contributed by atoms with E-state index in [-0.39, 0.29) is 0 Å². The zero-order valence-corrected chi connectivity index (χ0v) is 20.7. The van der Waals surface area contributed by atoms with Crippen LogP contribution in [0.1, 0.15) is 11.1 Å². The Morgan fingerprint density at radius 1 is 1.00 bits per heavy atom. The summed E-state index contributed by atoms with van der Waals surface area (Å²) in [4.78, 5) is 1.14. The molecule has 0 saturated carbocycles. The molecule has 8 heteroatoms. The van der Waals surface area contributed by atoms with Gasteiger partial charge < -0.3 is 4.74 Å². The van der Waals surface area contributed by atoms with Crippen LogP contribution in [0.25, 0.3) is 11.4 Å². The smallest absolute Gasteiger partial charge is 0.184 e. The number of rotatable bonds is 7. The van der Waals surface area contributed by atoms with Gasteiger partial charge in [-0.05, 0) is 84.3 Å². The molecule has 0 saturated heterocycles. The van der Waals surface area contributed by atoms with Gasteiger partial charge in [-0.1, -0.05) is 42.5 Å². The van der Waals surface area contributed by atoms with Gasteiger partial charge >= 0.3 is 0 Å². The standard InChI is InChI=1S/C22H18BrIN4OS/c1-29-17-9-7-15(8-10-17)13-28-22(25-26-27-28)20-19(24)12-11-18(23)21(20)30-14-16-5-3-2-4-6-16/h2-12H,13-14H2,1H3. The second-order valence-corrected chi connectivity index (χ2v) is 9.52. The average molecular weight is 593 g/mol. The molecule has 3 aromatic carbocycles. The Bertz CT molecular complexity index is 1140. The van der Waals surface area contributed by atoms with Crippen LogP contribution in [0.15, 0.2) is 76.1 Å². The van der Waals surface area contributed by atoms with Crippen molar-refractivity contribution in [2.75, 3.05) is 7.11 Å². The van der Waals surface area contributed by atoms with Gasteiger partial charge in [-0.2, -0.15) is 0 Å². The molecule has 0 bridgehead atoms. The summed E-state index contributed by atoms with van der Waals surface area (Å²) >= 11 is 7.87. The molecule has 0 unspecified atom stereocenters. The van der Waals surface area contributed by atoms with Crippen molar-refractivity contribution in [2.24, 2.45) is 0 Å². The van der Waals surface area contributed by atoms with Gasteiger partial charge in [0.25, 0.3) is 0 Å². The Balaban J connectivity index is 1.67. The number of nitrogens with zero attached hydrogens (tertiary/aromatic N) is 4. The second-order valence-electron chi connectivity index (χ2n) is 6.52. The lowest BCUT2D eigenvalue weighted by Gasteiger charge is -2.14. The van der Waals surface area contributed by atoms with Crippen LogP contribution in [-0.2, 0) is 12.3 Å². The van der Waals surface area contributed by atoms with Crippen LogP contribution in [0.4, 0.5) is 0 Å². The molecule has 0 atom stereocenters. The fourth-order valence-electron chi connectivity index (χ4n) is 3.01. The molecule has 0 N–H and O–H groups in total. The topological polar surface area (TPSA) is 52.8 Å². The normalized spacial score (nSPS) is 10.9. The maximum Gasteiger partial charge on any atom is 0.184 e. The lowest BCUT2D eigenvalue weighted by atomic mass is 10.2. The highest BCUT2D eigenvalue weighted by Gasteiger charge is 2.20. The molecule has 0 fully saturated rings. The maximum atomic E-state index is 5.25. The van der Waals surface area contributed by atoms with E-state index in [0.717, 1.165) is 41.4 Å². The van der Waals surface area contributed by atoms with Crippen LogP contribution < -0.4 is 4.74 Å². The monoisotopic (exact) mass is 592 g/mol. The summed E-state index contributed by atoms with van der Waals surface area (Å²) in [5.74, 6) is 2.45. The first-order valence-electron chi connectivity index (χ1n) is 9.20. The van der Waals surface area contributed by atoms with Crippen LogP contribution in [0.2, 0.25) is 0 Å². The number of aromatic nitrogens is 4. The third-order valence-corrected chi connectivity index (χ3v) is 7.54. The molecule has 4 aromatic rings. The van der Waals surface area contributed by atoms with Gasteiger partial charge in [0.15, 0.2) is 5.82 Å². The first kappa shape index (κ1) is 21.3. The SMILES string of the molecule is COc1ccc(Cn2nnnc2-c2c(I)ccc(Br)c2SCc2ccccc2)cc1. The molecular formula is C22H18BrIN4OS. The van der Waals surface area contributed by atoms with Crippen LogP contribution >= 0.6 is 50.3 Å². The third kappa shape index (κ3) is 4.87. The zero-order valence-electron chi connectivity index (χ0n) is 16.1. The number of thioether (sulfide) groups is 1. The van der Waals surface area contributed by atoms with Crippen molar-refractivity contribution >= 4 is 50.3 Å². The van der Waals surface area contributed by atoms with Crippen LogP contribution in [0.3, 0.4) is 0 Å². The van der Waals surface area contributed by atoms with Crippen molar-refractivity contribution in [1.29, 1.82) is 0 Å². The lowest BCUT2D eigenvalue weighted by molar-refractivity contribution is 0.414. The van der Waals surface area contributed by atoms with Gasteiger partial charge in [0, 0.05) is 24.3 Å². The van der Waals surface area contributed by atoms with Crippen molar-refractivity contribution in [3.05, 3.63) is 85.9 Å². The summed E-state index contributed by atoms with van der Waals surface area (Å²) < 4.78 is 9.24. The summed E-state index contributed by atoms with van der Waals surface area (Å²) in [5.41, 5.74) is 3.43. The van der Waals surface area contributed by atoms with Crippen molar-refractivity contribution < 1.29 is 4.74 Å². The first-order chi connectivity index (χ1) is 14.7. The molecule has 152 valence electrons. The largest absolute Gasteiger partial charge is 0.497 e. The van der Waals surface area contributed by atoms with E-state index in [1.807, 2.05) is 35.0 Å². The summed E-state index contributed by atoms with van der Waals surface area (Å²) in [6.07, 6.45) is 0. The minimum Gasteiger partial charge on any atom is -0.497 e. The summed E-state index contributed by atoms with van der Waals surface area (Å²) in [5, 5.41) is 12.6. The minimum atomic E-state index is 0.581. The number of ether oxygens (including phenoxy) is 1. The predicted octanol–water partition coefficient (Wildman–Crippen LogP) is 6.06. The van der Waals surface area contributed by atoms with Crippen molar-refractivity contribution in [1.82, 2.24) is 20.2 Å². The Hall–Kier alpha value is -1.91. The van der Waals surface area contributed by atoms with Gasteiger partial charge in [0.1, 0.15) is 5.75 Å². The number of benzene rings is 3. The van der Waals surface area contributed by atoms with Gasteiger partial charge in [-0.25, -0.2) is 4.68 Å². The summed E-state index contributed by atoms with van der Waals surface area (Å²) in [7, 11) is 1.66. The van der Waals surface area contributed by atoms with E-state index in [1.165, 1.54) is 5.56 Å². The fraction of sp³-hybridized carbons (Fsp3) is 0.136. The summed E-state index contributed by atoms with van der Waals surface area (Å²) in [6.45, 7) is 0.581. The van der Waals surface area contributed by atoms with Crippen LogP contribution in [-0.4, -0.2) is 27.3 Å². The highest BCUT2D eigenvalue weighted by Crippen LogP contribution is 2.40. The van der Waals surface area contributed by atoms with Crippen LogP contribution in [0.5, 0.6) is 5.75 Å². The average Bonchev–Trinajstić information content (AvgIpc) is 3.23. The van der Waals surface area contributed by atoms with E-state index in [1.54, 1.807) is 18.9 Å². The number of tetrazole rings is 1. The van der Waals surface area contributed by atoms with Crippen molar-refractivity contribution in [3.8, 4) is 17.1 Å². The van der Waals surface area contributed by atoms with Crippen molar-refractivity contribution in [3.63, 3.8) is 0 Å². The Kier molecular flexibility index (Phi) is 7.06. The second kappa shape index (κ2) is 9.93. The zero-order chi connectivity index (χ0) is 20.9. The number of halogens is 2. The van der Waals surface area contributed by atoms with E-state index in [2.05, 4.69) is 90.4 Å². The summed E-state index contributed by atoms with van der Waals surface area (Å²) in [6, 6.07) is 22.6. The van der Waals surface area contributed by atoms with Gasteiger partial charge in [0.05, 0.1) is 13.7 Å². The first-order valence-corrected chi connectivity index (χ1v) is 12.1. The van der Waals surface area contributed by atoms with E-state index in [4.69, 9.17) is 4.74 Å². The molecule has 0 aliphatic carbocycles. The Labute approximate surface area is 201 Å². The molecule has 1 heterocycles. The minimum absolute atomic E-state index is 0.581. The van der Waals surface area contributed by atoms with E-state index < -0.39 is 0 Å². The quantitative estimate of drug-likeness (QED) is 0.193. The number of hydrogen-bond acceptors (Lipinski definition) is 5. The number of methoxy groups -OCH3 is 1. The fourth-order valence-corrected chi connectivity index (χ4v) is 5.61. The van der Waals surface area contributed by atoms with E-state index >= 15 is 0 Å². The molecule has 0 spiro atoms. The molecule has 1 aromatic heterocycles. The molecule has 0 aliphatic heterocycles. The Morgan fingerprint density at radius 2 is 1.77 bits per heavy atom. The molecule has 0 aliphatic rings. The van der Waals surface area contributed by atoms with Crippen LogP contribution in [0, 0.1) is 3.57 Å². The van der Waals surface area contributed by atoms with E-state index in [0.29, 0.717) is 6.54 Å². The molecule has 0 radical (unpaired) electrons. The molecule has 4 rings (SSSR count).